The van der Waals surface area contributed by atoms with Gasteiger partial charge in [0.2, 0.25) is 0 Å². The molecular formula is C18H25N5O. The first-order valence-corrected chi connectivity index (χ1v) is 8.65. The third-order valence-corrected chi connectivity index (χ3v) is 4.63. The van der Waals surface area contributed by atoms with Gasteiger partial charge in [0.1, 0.15) is 12.1 Å². The number of amides is 2. The standard InChI is InChI=1S/C18H25N5O/c1-14-3-2-4-15(9-14)10-21-18(24)22-12-16-5-6-17(20-11-16)23-8-7-19-13-23/h5-8,11,13-15H,2-4,9-10,12H2,1H3,(H2,21,22,24). The molecule has 6 heteroatoms. The summed E-state index contributed by atoms with van der Waals surface area (Å²) in [7, 11) is 0. The summed E-state index contributed by atoms with van der Waals surface area (Å²) in [5.74, 6) is 2.22. The van der Waals surface area contributed by atoms with Crippen LogP contribution in [0.1, 0.15) is 38.2 Å². The predicted octanol–water partition coefficient (Wildman–Crippen LogP) is 2.89. The molecule has 1 saturated carbocycles. The normalized spacial score (nSPS) is 20.5. The van der Waals surface area contributed by atoms with E-state index < -0.39 is 0 Å². The van der Waals surface area contributed by atoms with E-state index in [1.165, 1.54) is 25.7 Å². The van der Waals surface area contributed by atoms with Gasteiger partial charge in [0.15, 0.2) is 0 Å². The molecule has 0 spiro atoms. The summed E-state index contributed by atoms with van der Waals surface area (Å²) < 4.78 is 1.84. The van der Waals surface area contributed by atoms with Crippen LogP contribution in [0.15, 0.2) is 37.1 Å². The molecule has 2 aromatic heterocycles. The molecule has 2 unspecified atom stereocenters. The molecule has 0 bridgehead atoms. The molecule has 0 aromatic carbocycles. The van der Waals surface area contributed by atoms with Gasteiger partial charge < -0.3 is 10.6 Å². The molecule has 1 fully saturated rings. The molecule has 2 aromatic rings. The second-order valence-corrected chi connectivity index (χ2v) is 6.70. The van der Waals surface area contributed by atoms with Gasteiger partial charge in [0.25, 0.3) is 0 Å². The van der Waals surface area contributed by atoms with Crippen molar-refractivity contribution in [1.82, 2.24) is 25.2 Å². The molecule has 0 radical (unpaired) electrons. The molecule has 6 nitrogen and oxygen atoms in total. The Morgan fingerprint density at radius 1 is 1.33 bits per heavy atom. The fraction of sp³-hybridized carbons (Fsp3) is 0.500. The van der Waals surface area contributed by atoms with Crippen LogP contribution in [0.3, 0.4) is 0 Å². The van der Waals surface area contributed by atoms with Crippen LogP contribution in [-0.2, 0) is 6.54 Å². The van der Waals surface area contributed by atoms with E-state index in [4.69, 9.17) is 0 Å². The minimum absolute atomic E-state index is 0.105. The van der Waals surface area contributed by atoms with Crippen molar-refractivity contribution in [3.8, 4) is 5.82 Å². The highest BCUT2D eigenvalue weighted by atomic mass is 16.2. The smallest absolute Gasteiger partial charge is 0.315 e. The van der Waals surface area contributed by atoms with Crippen LogP contribution in [0, 0.1) is 11.8 Å². The number of carbonyl (C=O) groups is 1. The molecule has 128 valence electrons. The zero-order valence-corrected chi connectivity index (χ0v) is 14.1. The molecule has 2 atom stereocenters. The van der Waals surface area contributed by atoms with Gasteiger partial charge in [0, 0.05) is 31.7 Å². The van der Waals surface area contributed by atoms with E-state index in [-0.39, 0.29) is 6.03 Å². The Morgan fingerprint density at radius 2 is 2.25 bits per heavy atom. The van der Waals surface area contributed by atoms with Crippen LogP contribution < -0.4 is 10.6 Å². The van der Waals surface area contributed by atoms with Gasteiger partial charge in [-0.15, -0.1) is 0 Å². The van der Waals surface area contributed by atoms with E-state index in [0.29, 0.717) is 12.5 Å². The highest BCUT2D eigenvalue weighted by molar-refractivity contribution is 5.73. The van der Waals surface area contributed by atoms with E-state index in [1.807, 2.05) is 22.9 Å². The molecule has 1 aliphatic rings. The van der Waals surface area contributed by atoms with Crippen LogP contribution >= 0.6 is 0 Å². The van der Waals surface area contributed by atoms with Crippen molar-refractivity contribution in [3.63, 3.8) is 0 Å². The van der Waals surface area contributed by atoms with Crippen LogP contribution in [0.4, 0.5) is 4.79 Å². The van der Waals surface area contributed by atoms with E-state index in [2.05, 4.69) is 27.5 Å². The van der Waals surface area contributed by atoms with Crippen LogP contribution in [0.2, 0.25) is 0 Å². The second kappa shape index (κ2) is 7.95. The van der Waals surface area contributed by atoms with Crippen molar-refractivity contribution >= 4 is 6.03 Å². The highest BCUT2D eigenvalue weighted by Crippen LogP contribution is 2.27. The molecule has 24 heavy (non-hydrogen) atoms. The maximum absolute atomic E-state index is 11.9. The lowest BCUT2D eigenvalue weighted by molar-refractivity contribution is 0.231. The number of pyridine rings is 1. The zero-order valence-electron chi connectivity index (χ0n) is 14.1. The van der Waals surface area contributed by atoms with Crippen molar-refractivity contribution in [2.75, 3.05) is 6.54 Å². The summed E-state index contributed by atoms with van der Waals surface area (Å²) in [6.07, 6.45) is 12.1. The van der Waals surface area contributed by atoms with E-state index in [0.717, 1.165) is 23.8 Å². The largest absolute Gasteiger partial charge is 0.338 e. The fourth-order valence-corrected chi connectivity index (χ4v) is 3.30. The second-order valence-electron chi connectivity index (χ2n) is 6.70. The van der Waals surface area contributed by atoms with Gasteiger partial charge in [-0.25, -0.2) is 14.8 Å². The molecule has 2 amide bonds. The molecule has 1 aliphatic carbocycles. The van der Waals surface area contributed by atoms with E-state index in [9.17, 15) is 4.79 Å². The van der Waals surface area contributed by atoms with Crippen molar-refractivity contribution in [2.45, 2.75) is 39.2 Å². The average molecular weight is 327 g/mol. The summed E-state index contributed by atoms with van der Waals surface area (Å²) in [6.45, 7) is 3.55. The third kappa shape index (κ3) is 4.57. The Kier molecular flexibility index (Phi) is 5.46. The number of nitrogens with zero attached hydrogens (tertiary/aromatic N) is 3. The fourth-order valence-electron chi connectivity index (χ4n) is 3.30. The van der Waals surface area contributed by atoms with Crippen molar-refractivity contribution in [3.05, 3.63) is 42.6 Å². The van der Waals surface area contributed by atoms with Crippen LogP contribution in [0.25, 0.3) is 5.82 Å². The quantitative estimate of drug-likeness (QED) is 0.887. The number of hydrogen-bond donors (Lipinski definition) is 2. The van der Waals surface area contributed by atoms with Crippen LogP contribution in [0.5, 0.6) is 0 Å². The lowest BCUT2D eigenvalue weighted by Gasteiger charge is -2.26. The first-order chi connectivity index (χ1) is 11.7. The highest BCUT2D eigenvalue weighted by Gasteiger charge is 2.19. The van der Waals surface area contributed by atoms with Gasteiger partial charge in [-0.1, -0.05) is 25.8 Å². The van der Waals surface area contributed by atoms with Crippen molar-refractivity contribution < 1.29 is 4.79 Å². The number of urea groups is 1. The number of hydrogen-bond acceptors (Lipinski definition) is 3. The van der Waals surface area contributed by atoms with Gasteiger partial charge in [-0.05, 0) is 36.3 Å². The number of nitrogens with one attached hydrogen (secondary N) is 2. The third-order valence-electron chi connectivity index (χ3n) is 4.63. The Labute approximate surface area is 142 Å². The lowest BCUT2D eigenvalue weighted by Crippen LogP contribution is -2.38. The predicted molar refractivity (Wildman–Crippen MR) is 92.7 cm³/mol. The Morgan fingerprint density at radius 3 is 2.96 bits per heavy atom. The lowest BCUT2D eigenvalue weighted by atomic mass is 9.82. The van der Waals surface area contributed by atoms with Gasteiger partial charge in [-0.2, -0.15) is 0 Å². The average Bonchev–Trinajstić information content (AvgIpc) is 3.13. The first kappa shape index (κ1) is 16.5. The Balaban J connectivity index is 1.41. The maximum atomic E-state index is 11.9. The maximum Gasteiger partial charge on any atom is 0.315 e. The first-order valence-electron chi connectivity index (χ1n) is 8.65. The van der Waals surface area contributed by atoms with E-state index >= 15 is 0 Å². The van der Waals surface area contributed by atoms with Crippen LogP contribution in [-0.4, -0.2) is 27.1 Å². The minimum atomic E-state index is -0.105. The molecule has 0 aliphatic heterocycles. The van der Waals surface area contributed by atoms with Gasteiger partial charge >= 0.3 is 6.03 Å². The Bertz CT molecular complexity index is 638. The molecule has 0 saturated heterocycles. The Hall–Kier alpha value is -2.37. The molecular weight excluding hydrogens is 302 g/mol. The molecule has 3 rings (SSSR count). The topological polar surface area (TPSA) is 71.8 Å². The van der Waals surface area contributed by atoms with Crippen molar-refractivity contribution in [1.29, 1.82) is 0 Å². The molecule has 2 N–H and O–H groups in total. The summed E-state index contributed by atoms with van der Waals surface area (Å²) >= 11 is 0. The van der Waals surface area contributed by atoms with Gasteiger partial charge in [-0.3, -0.25) is 4.57 Å². The van der Waals surface area contributed by atoms with Crippen molar-refractivity contribution in [2.24, 2.45) is 11.8 Å². The zero-order chi connectivity index (χ0) is 16.8. The summed E-state index contributed by atoms with van der Waals surface area (Å²) in [5.41, 5.74) is 0.973. The number of rotatable bonds is 5. The number of carbonyl (C=O) groups excluding carboxylic acids is 1. The SMILES string of the molecule is CC1CCCC(CNC(=O)NCc2ccc(-n3ccnc3)nc2)C1. The van der Waals surface area contributed by atoms with E-state index in [1.54, 1.807) is 18.7 Å². The minimum Gasteiger partial charge on any atom is -0.338 e. The number of aromatic nitrogens is 3. The number of imidazole rings is 1. The summed E-state index contributed by atoms with van der Waals surface area (Å²) in [4.78, 5) is 20.3. The summed E-state index contributed by atoms with van der Waals surface area (Å²) in [5, 5.41) is 5.89. The van der Waals surface area contributed by atoms with Gasteiger partial charge in [0.05, 0.1) is 0 Å². The monoisotopic (exact) mass is 327 g/mol. The summed E-state index contributed by atoms with van der Waals surface area (Å²) in [6, 6.07) is 3.78. The molecule has 2 heterocycles.